The Hall–Kier alpha value is -2.28. The van der Waals surface area contributed by atoms with Crippen LogP contribution in [0.4, 0.5) is 0 Å². The highest BCUT2D eigenvalue weighted by Gasteiger charge is 2.38. The Morgan fingerprint density at radius 1 is 1.06 bits per heavy atom. The number of carbonyl (C=O) groups excluding carboxylic acids is 1. The number of aryl methyl sites for hydroxylation is 2. The van der Waals surface area contributed by atoms with Gasteiger partial charge >= 0.3 is 0 Å². The zero-order chi connectivity index (χ0) is 23.9. The molecule has 0 radical (unpaired) electrons. The highest BCUT2D eigenvalue weighted by Crippen LogP contribution is 2.38. The molecule has 1 amide bonds. The largest absolute Gasteiger partial charge is 0.339 e. The number of carbonyl (C=O) groups is 1. The van der Waals surface area contributed by atoms with Crippen LogP contribution in [0.3, 0.4) is 0 Å². The van der Waals surface area contributed by atoms with Crippen LogP contribution in [0.5, 0.6) is 0 Å². The maximum atomic E-state index is 13.5. The molecule has 1 aromatic carbocycles. The fourth-order valence-electron chi connectivity index (χ4n) is 5.22. The summed E-state index contributed by atoms with van der Waals surface area (Å²) < 4.78 is 1.00. The third kappa shape index (κ3) is 4.39. The number of halogens is 2. The monoisotopic (exact) mass is 538 g/mol. The number of hydrogen-bond acceptors (Lipinski definition) is 4. The molecule has 0 spiro atoms. The molecule has 1 unspecified atom stereocenters. The number of fused-ring (bicyclic) bond motifs is 2. The first-order chi connectivity index (χ1) is 16.3. The third-order valence-corrected chi connectivity index (χ3v) is 7.84. The summed E-state index contributed by atoms with van der Waals surface area (Å²) in [6.07, 6.45) is 7.30. The van der Waals surface area contributed by atoms with Crippen LogP contribution in [-0.2, 0) is 23.1 Å². The molecule has 2 aliphatic rings. The minimum absolute atomic E-state index is 0.0569. The zero-order valence-electron chi connectivity index (χ0n) is 19.5. The molecule has 0 saturated carbocycles. The van der Waals surface area contributed by atoms with Gasteiger partial charge in [0.05, 0.1) is 17.2 Å². The normalized spacial score (nSPS) is 18.7. The molecule has 2 aromatic heterocycles. The van der Waals surface area contributed by atoms with Crippen LogP contribution < -0.4 is 0 Å². The Labute approximate surface area is 214 Å². The number of aromatic nitrogens is 2. The molecule has 5 rings (SSSR count). The Bertz CT molecular complexity index is 1160. The van der Waals surface area contributed by atoms with Crippen molar-refractivity contribution in [2.45, 2.75) is 38.1 Å². The third-order valence-electron chi connectivity index (χ3n) is 7.17. The molecule has 1 atom stereocenters. The van der Waals surface area contributed by atoms with Crippen molar-refractivity contribution in [3.8, 4) is 0 Å². The second-order valence-corrected chi connectivity index (χ2v) is 11.0. The van der Waals surface area contributed by atoms with E-state index in [1.165, 1.54) is 16.7 Å². The van der Waals surface area contributed by atoms with Gasteiger partial charge in [0.15, 0.2) is 0 Å². The van der Waals surface area contributed by atoms with E-state index >= 15 is 0 Å². The molecule has 34 heavy (non-hydrogen) atoms. The van der Waals surface area contributed by atoms with Crippen LogP contribution in [0, 0.1) is 0 Å². The van der Waals surface area contributed by atoms with Crippen LogP contribution in [-0.4, -0.2) is 51.9 Å². The number of nitrogens with zero attached hydrogens (tertiary/aromatic N) is 4. The van der Waals surface area contributed by atoms with Crippen molar-refractivity contribution in [3.05, 3.63) is 92.4 Å². The molecule has 0 N–H and O–H groups in total. The van der Waals surface area contributed by atoms with Gasteiger partial charge in [0.25, 0.3) is 0 Å². The van der Waals surface area contributed by atoms with Gasteiger partial charge < -0.3 is 4.90 Å². The Morgan fingerprint density at radius 2 is 1.82 bits per heavy atom. The van der Waals surface area contributed by atoms with Crippen molar-refractivity contribution >= 4 is 33.4 Å². The van der Waals surface area contributed by atoms with Gasteiger partial charge in [-0.15, -0.1) is 0 Å². The molecular formula is C27H28BrClN4O. The van der Waals surface area contributed by atoms with Gasteiger partial charge in [0, 0.05) is 54.3 Å². The van der Waals surface area contributed by atoms with E-state index in [4.69, 9.17) is 16.6 Å². The first-order valence-corrected chi connectivity index (χ1v) is 12.9. The highest BCUT2D eigenvalue weighted by molar-refractivity contribution is 9.10. The van der Waals surface area contributed by atoms with Crippen LogP contribution in [0.2, 0.25) is 5.02 Å². The average Bonchev–Trinajstić information content (AvgIpc) is 3.00. The molecule has 1 saturated heterocycles. The summed E-state index contributed by atoms with van der Waals surface area (Å²) in [4.78, 5) is 27.0. The number of benzene rings is 1. The number of amides is 1. The van der Waals surface area contributed by atoms with Gasteiger partial charge in [-0.2, -0.15) is 0 Å². The predicted octanol–water partition coefficient (Wildman–Crippen LogP) is 5.20. The fourth-order valence-corrected chi connectivity index (χ4v) is 5.79. The zero-order valence-corrected chi connectivity index (χ0v) is 21.8. The number of pyridine rings is 2. The summed E-state index contributed by atoms with van der Waals surface area (Å²) in [6, 6.07) is 12.4. The van der Waals surface area contributed by atoms with E-state index in [2.05, 4.69) is 44.0 Å². The Morgan fingerprint density at radius 3 is 2.56 bits per heavy atom. The summed E-state index contributed by atoms with van der Waals surface area (Å²) >= 11 is 9.96. The number of hydrogen-bond donors (Lipinski definition) is 0. The van der Waals surface area contributed by atoms with Crippen LogP contribution in [0.25, 0.3) is 0 Å². The lowest BCUT2D eigenvalue weighted by Gasteiger charge is -2.42. The van der Waals surface area contributed by atoms with Crippen molar-refractivity contribution in [2.24, 2.45) is 0 Å². The molecule has 3 aromatic rings. The van der Waals surface area contributed by atoms with Gasteiger partial charge in [-0.1, -0.05) is 23.7 Å². The number of rotatable bonds is 3. The van der Waals surface area contributed by atoms with Gasteiger partial charge in [0.1, 0.15) is 0 Å². The second-order valence-electron chi connectivity index (χ2n) is 9.64. The van der Waals surface area contributed by atoms with Gasteiger partial charge in [0.2, 0.25) is 5.91 Å². The maximum absolute atomic E-state index is 13.5. The molecule has 176 valence electrons. The van der Waals surface area contributed by atoms with E-state index in [1.807, 2.05) is 43.1 Å². The molecule has 7 heteroatoms. The molecule has 0 bridgehead atoms. The predicted molar refractivity (Wildman–Crippen MR) is 138 cm³/mol. The van der Waals surface area contributed by atoms with Gasteiger partial charge in [-0.25, -0.2) is 0 Å². The molecule has 1 fully saturated rings. The van der Waals surface area contributed by atoms with E-state index < -0.39 is 5.41 Å². The number of piperazine rings is 1. The summed E-state index contributed by atoms with van der Waals surface area (Å²) in [5, 5.41) is 0.769. The lowest BCUT2D eigenvalue weighted by Crippen LogP contribution is -2.54. The summed E-state index contributed by atoms with van der Waals surface area (Å²) in [5.74, 6) is 0.149. The minimum Gasteiger partial charge on any atom is -0.339 e. The van der Waals surface area contributed by atoms with Crippen molar-refractivity contribution in [1.29, 1.82) is 0 Å². The minimum atomic E-state index is -0.609. The first kappa shape index (κ1) is 23.5. The molecule has 5 nitrogen and oxygen atoms in total. The van der Waals surface area contributed by atoms with E-state index in [1.54, 1.807) is 12.4 Å². The topological polar surface area (TPSA) is 49.3 Å². The second kappa shape index (κ2) is 9.40. The Kier molecular flexibility index (Phi) is 6.49. The highest BCUT2D eigenvalue weighted by atomic mass is 79.9. The van der Waals surface area contributed by atoms with Crippen molar-refractivity contribution in [1.82, 2.24) is 19.8 Å². The van der Waals surface area contributed by atoms with Crippen molar-refractivity contribution < 1.29 is 4.79 Å². The average molecular weight is 540 g/mol. The smallest absolute Gasteiger partial charge is 0.232 e. The van der Waals surface area contributed by atoms with Crippen LogP contribution in [0.15, 0.2) is 59.5 Å². The van der Waals surface area contributed by atoms with Gasteiger partial charge in [-0.3, -0.25) is 19.7 Å². The Balaban J connectivity index is 1.41. The molecule has 1 aliphatic heterocycles. The molecular weight excluding hydrogens is 512 g/mol. The lowest BCUT2D eigenvalue weighted by atomic mass is 9.84. The summed E-state index contributed by atoms with van der Waals surface area (Å²) in [6.45, 7) is 6.93. The van der Waals surface area contributed by atoms with Crippen LogP contribution >= 0.6 is 27.5 Å². The maximum Gasteiger partial charge on any atom is 0.232 e. The van der Waals surface area contributed by atoms with E-state index in [9.17, 15) is 4.79 Å². The van der Waals surface area contributed by atoms with Crippen LogP contribution in [0.1, 0.15) is 47.8 Å². The fraction of sp³-hybridized carbons (Fsp3) is 0.370. The summed E-state index contributed by atoms with van der Waals surface area (Å²) in [7, 11) is 0. The van der Waals surface area contributed by atoms with E-state index in [0.717, 1.165) is 46.7 Å². The van der Waals surface area contributed by atoms with E-state index in [0.29, 0.717) is 13.1 Å². The van der Waals surface area contributed by atoms with Crippen molar-refractivity contribution in [3.63, 3.8) is 0 Å². The summed E-state index contributed by atoms with van der Waals surface area (Å²) in [5.41, 5.74) is 5.27. The standard InChI is InChI=1S/C27H28BrClN4O/c1-27(2,20-4-3-9-30-16-20)26(34)33-12-10-32(11-13-33)25-23-8-7-22(29)15-18(23)5-6-19-14-21(28)17-31-24(19)25/h3-4,7-9,14-17,25H,5-6,10-13H2,1-2H3. The molecule has 1 aliphatic carbocycles. The molecule has 3 heterocycles. The first-order valence-electron chi connectivity index (χ1n) is 11.7. The van der Waals surface area contributed by atoms with E-state index in [-0.39, 0.29) is 11.9 Å². The SMILES string of the molecule is CC(C)(C(=O)N1CCN(C2c3ccc(Cl)cc3CCc3cc(Br)cnc32)CC1)c1cccnc1. The quantitative estimate of drug-likeness (QED) is 0.459. The lowest BCUT2D eigenvalue weighted by molar-refractivity contribution is -0.138. The van der Waals surface area contributed by atoms with Gasteiger partial charge in [-0.05, 0) is 89.1 Å². The van der Waals surface area contributed by atoms with Crippen molar-refractivity contribution in [2.75, 3.05) is 26.2 Å².